The summed E-state index contributed by atoms with van der Waals surface area (Å²) < 4.78 is 5.34. The first-order valence-corrected chi connectivity index (χ1v) is 6.22. The van der Waals surface area contributed by atoms with E-state index in [9.17, 15) is 0 Å². The Balaban J connectivity index is 1.83. The first-order valence-electron chi connectivity index (χ1n) is 6.22. The summed E-state index contributed by atoms with van der Waals surface area (Å²) in [6.45, 7) is 3.31. The van der Waals surface area contributed by atoms with Gasteiger partial charge in [0, 0.05) is 32.4 Å². The Morgan fingerprint density at radius 1 is 1.41 bits per heavy atom. The average Bonchev–Trinajstić information content (AvgIpc) is 2.39. The van der Waals surface area contributed by atoms with Crippen LogP contribution >= 0.6 is 0 Å². The molecule has 0 aromatic carbocycles. The van der Waals surface area contributed by atoms with E-state index in [1.807, 2.05) is 6.07 Å². The van der Waals surface area contributed by atoms with Crippen molar-refractivity contribution < 1.29 is 4.74 Å². The first-order chi connectivity index (χ1) is 8.38. The van der Waals surface area contributed by atoms with Gasteiger partial charge < -0.3 is 15.8 Å². The molecule has 5 nitrogen and oxygen atoms in total. The van der Waals surface area contributed by atoms with Gasteiger partial charge in [-0.2, -0.15) is 0 Å². The minimum atomic E-state index is 0.587. The highest BCUT2D eigenvalue weighted by molar-refractivity contribution is 5.32. The van der Waals surface area contributed by atoms with Crippen LogP contribution in [0.2, 0.25) is 0 Å². The third-order valence-electron chi connectivity index (χ3n) is 2.99. The van der Waals surface area contributed by atoms with Gasteiger partial charge in [-0.05, 0) is 31.4 Å². The van der Waals surface area contributed by atoms with Crippen LogP contribution in [0.1, 0.15) is 18.7 Å². The maximum atomic E-state index is 5.49. The number of hydrogen-bond donors (Lipinski definition) is 2. The molecule has 0 atom stereocenters. The van der Waals surface area contributed by atoms with Gasteiger partial charge in [0.15, 0.2) is 0 Å². The Labute approximate surface area is 102 Å². The van der Waals surface area contributed by atoms with Crippen molar-refractivity contribution in [1.82, 2.24) is 9.97 Å². The van der Waals surface area contributed by atoms with Crippen molar-refractivity contribution >= 4 is 5.82 Å². The molecule has 1 aliphatic rings. The molecule has 0 saturated carbocycles. The largest absolute Gasteiger partial charge is 0.381 e. The van der Waals surface area contributed by atoms with Crippen molar-refractivity contribution in [2.45, 2.75) is 19.3 Å². The maximum Gasteiger partial charge on any atom is 0.131 e. The van der Waals surface area contributed by atoms with Gasteiger partial charge in [-0.15, -0.1) is 0 Å². The molecule has 0 bridgehead atoms. The molecule has 3 N–H and O–H groups in total. The highest BCUT2D eigenvalue weighted by Gasteiger charge is 2.13. The molecule has 1 saturated heterocycles. The number of ether oxygens (including phenoxy) is 1. The zero-order valence-corrected chi connectivity index (χ0v) is 10.1. The van der Waals surface area contributed by atoms with Gasteiger partial charge >= 0.3 is 0 Å². The zero-order chi connectivity index (χ0) is 11.9. The molecule has 2 heterocycles. The third kappa shape index (κ3) is 3.94. The van der Waals surface area contributed by atoms with Crippen LogP contribution in [0, 0.1) is 5.92 Å². The predicted octanol–water partition coefficient (Wildman–Crippen LogP) is 0.816. The second kappa shape index (κ2) is 6.51. The van der Waals surface area contributed by atoms with E-state index in [1.54, 1.807) is 6.20 Å². The van der Waals surface area contributed by atoms with Crippen LogP contribution < -0.4 is 11.1 Å². The van der Waals surface area contributed by atoms with Gasteiger partial charge in [0.1, 0.15) is 11.6 Å². The Hall–Kier alpha value is -1.20. The standard InChI is InChI=1S/C12H20N4O/c13-5-1-11-14-6-2-12(16-11)15-9-10-3-7-17-8-4-10/h2,6,10H,1,3-5,7-9,13H2,(H,14,15,16). The molecule has 17 heavy (non-hydrogen) atoms. The number of aromatic nitrogens is 2. The predicted molar refractivity (Wildman–Crippen MR) is 66.8 cm³/mol. The third-order valence-corrected chi connectivity index (χ3v) is 2.99. The molecule has 1 aromatic rings. The van der Waals surface area contributed by atoms with Crippen molar-refractivity contribution in [1.29, 1.82) is 0 Å². The normalized spacial score (nSPS) is 17.0. The van der Waals surface area contributed by atoms with Gasteiger partial charge in [-0.1, -0.05) is 0 Å². The molecule has 1 aliphatic heterocycles. The van der Waals surface area contributed by atoms with Gasteiger partial charge in [-0.25, -0.2) is 9.97 Å². The molecule has 0 amide bonds. The van der Waals surface area contributed by atoms with Crippen molar-refractivity contribution in [3.8, 4) is 0 Å². The van der Waals surface area contributed by atoms with Crippen LogP contribution in [-0.2, 0) is 11.2 Å². The molecule has 0 aliphatic carbocycles. The van der Waals surface area contributed by atoms with Gasteiger partial charge in [0.25, 0.3) is 0 Å². The molecular formula is C12H20N4O. The maximum absolute atomic E-state index is 5.49. The van der Waals surface area contributed by atoms with E-state index in [4.69, 9.17) is 10.5 Å². The van der Waals surface area contributed by atoms with Crippen molar-refractivity contribution in [2.24, 2.45) is 11.7 Å². The summed E-state index contributed by atoms with van der Waals surface area (Å²) in [5.74, 6) is 2.40. The van der Waals surface area contributed by atoms with E-state index >= 15 is 0 Å². The van der Waals surface area contributed by atoms with E-state index in [0.717, 1.165) is 50.7 Å². The van der Waals surface area contributed by atoms with Gasteiger partial charge in [-0.3, -0.25) is 0 Å². The van der Waals surface area contributed by atoms with Crippen LogP contribution in [0.25, 0.3) is 0 Å². The average molecular weight is 236 g/mol. The summed E-state index contributed by atoms with van der Waals surface area (Å²) in [5.41, 5.74) is 5.49. The van der Waals surface area contributed by atoms with Crippen LogP contribution in [-0.4, -0.2) is 36.3 Å². The highest BCUT2D eigenvalue weighted by Crippen LogP contribution is 2.15. The number of nitrogens with zero attached hydrogens (tertiary/aromatic N) is 2. The molecular weight excluding hydrogens is 216 g/mol. The topological polar surface area (TPSA) is 73.1 Å². The molecule has 0 radical (unpaired) electrons. The van der Waals surface area contributed by atoms with E-state index in [0.29, 0.717) is 12.5 Å². The number of rotatable bonds is 5. The summed E-state index contributed by atoms with van der Waals surface area (Å²) in [6, 6.07) is 1.90. The fourth-order valence-electron chi connectivity index (χ4n) is 1.95. The summed E-state index contributed by atoms with van der Waals surface area (Å²) in [4.78, 5) is 8.59. The molecule has 5 heteroatoms. The Morgan fingerprint density at radius 2 is 2.24 bits per heavy atom. The van der Waals surface area contributed by atoms with E-state index < -0.39 is 0 Å². The molecule has 94 valence electrons. The summed E-state index contributed by atoms with van der Waals surface area (Å²) in [6.07, 6.45) is 4.78. The van der Waals surface area contributed by atoms with Crippen molar-refractivity contribution in [3.05, 3.63) is 18.1 Å². The van der Waals surface area contributed by atoms with E-state index in [2.05, 4.69) is 15.3 Å². The fraction of sp³-hybridized carbons (Fsp3) is 0.667. The van der Waals surface area contributed by atoms with E-state index in [1.165, 1.54) is 0 Å². The minimum Gasteiger partial charge on any atom is -0.381 e. The molecule has 0 unspecified atom stereocenters. The lowest BCUT2D eigenvalue weighted by Crippen LogP contribution is -2.23. The second-order valence-corrected chi connectivity index (χ2v) is 4.33. The van der Waals surface area contributed by atoms with Crippen LogP contribution in [0.15, 0.2) is 12.3 Å². The number of nitrogens with one attached hydrogen (secondary N) is 1. The summed E-state index contributed by atoms with van der Waals surface area (Å²) in [5, 5.41) is 3.37. The van der Waals surface area contributed by atoms with Crippen LogP contribution in [0.3, 0.4) is 0 Å². The molecule has 1 fully saturated rings. The smallest absolute Gasteiger partial charge is 0.131 e. The Morgan fingerprint density at radius 3 is 3.00 bits per heavy atom. The van der Waals surface area contributed by atoms with Crippen molar-refractivity contribution in [2.75, 3.05) is 31.6 Å². The highest BCUT2D eigenvalue weighted by atomic mass is 16.5. The fourth-order valence-corrected chi connectivity index (χ4v) is 1.95. The monoisotopic (exact) mass is 236 g/mol. The van der Waals surface area contributed by atoms with Crippen LogP contribution in [0.4, 0.5) is 5.82 Å². The minimum absolute atomic E-state index is 0.587. The van der Waals surface area contributed by atoms with Gasteiger partial charge in [0.05, 0.1) is 0 Å². The number of hydrogen-bond acceptors (Lipinski definition) is 5. The SMILES string of the molecule is NCCc1nccc(NCC2CCOCC2)n1. The molecule has 1 aromatic heterocycles. The lowest BCUT2D eigenvalue weighted by atomic mass is 10.0. The Kier molecular flexibility index (Phi) is 4.70. The Bertz CT molecular complexity index is 339. The van der Waals surface area contributed by atoms with E-state index in [-0.39, 0.29) is 0 Å². The van der Waals surface area contributed by atoms with Crippen molar-refractivity contribution in [3.63, 3.8) is 0 Å². The second-order valence-electron chi connectivity index (χ2n) is 4.33. The molecule has 2 rings (SSSR count). The zero-order valence-electron chi connectivity index (χ0n) is 10.1. The molecule has 0 spiro atoms. The summed E-state index contributed by atoms with van der Waals surface area (Å²) >= 11 is 0. The number of anilines is 1. The lowest BCUT2D eigenvalue weighted by molar-refractivity contribution is 0.0699. The number of nitrogens with two attached hydrogens (primary N) is 1. The lowest BCUT2D eigenvalue weighted by Gasteiger charge is -2.22. The quantitative estimate of drug-likeness (QED) is 0.791. The summed E-state index contributed by atoms with van der Waals surface area (Å²) in [7, 11) is 0. The first kappa shape index (κ1) is 12.3. The van der Waals surface area contributed by atoms with Crippen LogP contribution in [0.5, 0.6) is 0 Å². The van der Waals surface area contributed by atoms with Gasteiger partial charge in [0.2, 0.25) is 0 Å².